The van der Waals surface area contributed by atoms with Crippen molar-refractivity contribution in [1.29, 1.82) is 0 Å². The van der Waals surface area contributed by atoms with Crippen molar-refractivity contribution >= 4 is 75.1 Å². The molecular formula is C48H30N2S. The maximum absolute atomic E-state index is 2.47. The maximum atomic E-state index is 2.47. The van der Waals surface area contributed by atoms with Crippen molar-refractivity contribution in [2.24, 2.45) is 0 Å². The minimum absolute atomic E-state index is 1.19. The van der Waals surface area contributed by atoms with Crippen LogP contribution in [-0.4, -0.2) is 9.13 Å². The number of nitrogens with zero attached hydrogens (tertiary/aromatic N) is 2. The minimum atomic E-state index is 1.19. The highest BCUT2D eigenvalue weighted by Crippen LogP contribution is 2.42. The lowest BCUT2D eigenvalue weighted by molar-refractivity contribution is 1.18. The molecule has 3 heterocycles. The number of thiophene rings is 1. The Hall–Kier alpha value is -6.42. The molecular weight excluding hydrogens is 637 g/mol. The lowest BCUT2D eigenvalue weighted by Gasteiger charge is -2.14. The van der Waals surface area contributed by atoms with Crippen LogP contribution in [0.4, 0.5) is 0 Å². The maximum Gasteiger partial charge on any atom is 0.0640 e. The molecule has 0 atom stereocenters. The standard InChI is InChI=1S/C48H30N2S/c1-2-13-31(14-3-1)34-15-4-8-20-41(34)49-42-21-9-5-16-35(42)39-29-32(25-27-44(39)49)33-26-28-45-40(30-33)36-17-6-10-22-43(36)50(45)46-23-12-19-38-37-18-7-11-24-47(37)51-48(38)46/h1-30H. The van der Waals surface area contributed by atoms with Crippen LogP contribution < -0.4 is 0 Å². The van der Waals surface area contributed by atoms with Gasteiger partial charge in [0, 0.05) is 42.6 Å². The fourth-order valence-electron chi connectivity index (χ4n) is 8.26. The zero-order valence-electron chi connectivity index (χ0n) is 27.6. The van der Waals surface area contributed by atoms with Crippen LogP contribution in [0.3, 0.4) is 0 Å². The summed E-state index contributed by atoms with van der Waals surface area (Å²) in [6.45, 7) is 0. The van der Waals surface area contributed by atoms with E-state index in [1.807, 2.05) is 11.3 Å². The van der Waals surface area contributed by atoms with Crippen LogP contribution in [0.15, 0.2) is 182 Å². The molecule has 2 nitrogen and oxygen atoms in total. The Kier molecular flexibility index (Phi) is 6.16. The van der Waals surface area contributed by atoms with Gasteiger partial charge in [0.1, 0.15) is 0 Å². The summed E-state index contributed by atoms with van der Waals surface area (Å²) >= 11 is 1.88. The highest BCUT2D eigenvalue weighted by Gasteiger charge is 2.19. The van der Waals surface area contributed by atoms with Crippen LogP contribution in [0.2, 0.25) is 0 Å². The molecule has 3 heteroatoms. The topological polar surface area (TPSA) is 9.86 Å². The smallest absolute Gasteiger partial charge is 0.0640 e. The Morgan fingerprint density at radius 2 is 0.824 bits per heavy atom. The Balaban J connectivity index is 1.11. The van der Waals surface area contributed by atoms with Gasteiger partial charge >= 0.3 is 0 Å². The fraction of sp³-hybridized carbons (Fsp3) is 0. The molecule has 0 aliphatic rings. The van der Waals surface area contributed by atoms with E-state index in [0.29, 0.717) is 0 Å². The average Bonchev–Trinajstić information content (AvgIpc) is 3.85. The van der Waals surface area contributed by atoms with Crippen LogP contribution in [0.5, 0.6) is 0 Å². The molecule has 0 N–H and O–H groups in total. The third-order valence-corrected chi connectivity index (χ3v) is 11.7. The molecule has 0 bridgehead atoms. The second kappa shape index (κ2) is 11.0. The van der Waals surface area contributed by atoms with Gasteiger partial charge in [0.15, 0.2) is 0 Å². The lowest BCUT2D eigenvalue weighted by atomic mass is 10.0. The molecule has 8 aromatic carbocycles. The zero-order chi connectivity index (χ0) is 33.5. The molecule has 0 unspecified atom stereocenters. The molecule has 51 heavy (non-hydrogen) atoms. The molecule has 0 radical (unpaired) electrons. The number of hydrogen-bond donors (Lipinski definition) is 0. The number of aromatic nitrogens is 2. The first-order valence-corrected chi connectivity index (χ1v) is 18.3. The highest BCUT2D eigenvalue weighted by atomic mass is 32.1. The predicted molar refractivity (Wildman–Crippen MR) is 219 cm³/mol. The third kappa shape index (κ3) is 4.22. The molecule has 0 saturated heterocycles. The number of benzene rings is 8. The van der Waals surface area contributed by atoms with Crippen molar-refractivity contribution < 1.29 is 0 Å². The fourth-order valence-corrected chi connectivity index (χ4v) is 9.47. The van der Waals surface area contributed by atoms with Gasteiger partial charge in [-0.15, -0.1) is 11.3 Å². The summed E-state index contributed by atoms with van der Waals surface area (Å²) in [5.41, 5.74) is 12.2. The van der Waals surface area contributed by atoms with Crippen molar-refractivity contribution in [3.05, 3.63) is 182 Å². The van der Waals surface area contributed by atoms with E-state index >= 15 is 0 Å². The van der Waals surface area contributed by atoms with Crippen LogP contribution in [0.25, 0.3) is 97.4 Å². The van der Waals surface area contributed by atoms with Gasteiger partial charge in [-0.2, -0.15) is 0 Å². The number of fused-ring (bicyclic) bond motifs is 9. The third-order valence-electron chi connectivity index (χ3n) is 10.5. The summed E-state index contributed by atoms with van der Waals surface area (Å²) in [6, 6.07) is 66.6. The van der Waals surface area contributed by atoms with Gasteiger partial charge in [0.05, 0.1) is 38.1 Å². The molecule has 0 aliphatic heterocycles. The van der Waals surface area contributed by atoms with E-state index in [0.717, 1.165) is 0 Å². The van der Waals surface area contributed by atoms with Crippen LogP contribution in [0, 0.1) is 0 Å². The van der Waals surface area contributed by atoms with Crippen molar-refractivity contribution in [2.45, 2.75) is 0 Å². The first-order valence-electron chi connectivity index (χ1n) is 17.4. The second-order valence-corrected chi connectivity index (χ2v) is 14.4. The van der Waals surface area contributed by atoms with Crippen LogP contribution >= 0.6 is 11.3 Å². The number of para-hydroxylation sites is 3. The predicted octanol–water partition coefficient (Wildman–Crippen LogP) is 13.6. The second-order valence-electron chi connectivity index (χ2n) is 13.3. The minimum Gasteiger partial charge on any atom is -0.309 e. The van der Waals surface area contributed by atoms with Crippen molar-refractivity contribution in [2.75, 3.05) is 0 Å². The Morgan fingerprint density at radius 1 is 0.314 bits per heavy atom. The van der Waals surface area contributed by atoms with Gasteiger partial charge in [-0.3, -0.25) is 0 Å². The Labute approximate surface area is 298 Å². The quantitative estimate of drug-likeness (QED) is 0.177. The Bertz CT molecular complexity index is 3140. The molecule has 11 rings (SSSR count). The Morgan fingerprint density at radius 3 is 1.53 bits per heavy atom. The summed E-state index contributed by atoms with van der Waals surface area (Å²) in [5.74, 6) is 0. The van der Waals surface area contributed by atoms with Gasteiger partial charge in [-0.05, 0) is 71.3 Å². The molecule has 0 aliphatic carbocycles. The highest BCUT2D eigenvalue weighted by molar-refractivity contribution is 7.26. The molecule has 238 valence electrons. The van der Waals surface area contributed by atoms with Crippen molar-refractivity contribution in [3.63, 3.8) is 0 Å². The van der Waals surface area contributed by atoms with Crippen molar-refractivity contribution in [3.8, 4) is 33.6 Å². The van der Waals surface area contributed by atoms with Gasteiger partial charge in [-0.1, -0.05) is 127 Å². The van der Waals surface area contributed by atoms with E-state index < -0.39 is 0 Å². The molecule has 0 spiro atoms. The first kappa shape index (κ1) is 28.4. The molecule has 0 fully saturated rings. The van der Waals surface area contributed by atoms with Crippen LogP contribution in [-0.2, 0) is 0 Å². The summed E-state index contributed by atoms with van der Waals surface area (Å²) < 4.78 is 7.54. The van der Waals surface area contributed by atoms with E-state index in [9.17, 15) is 0 Å². The van der Waals surface area contributed by atoms with Crippen molar-refractivity contribution in [1.82, 2.24) is 9.13 Å². The van der Waals surface area contributed by atoms with E-state index in [1.54, 1.807) is 0 Å². The molecule has 0 saturated carbocycles. The summed E-state index contributed by atoms with van der Waals surface area (Å²) in [6.07, 6.45) is 0. The normalized spacial score (nSPS) is 11.9. The van der Waals surface area contributed by atoms with Crippen LogP contribution in [0.1, 0.15) is 0 Å². The van der Waals surface area contributed by atoms with E-state index in [-0.39, 0.29) is 0 Å². The summed E-state index contributed by atoms with van der Waals surface area (Å²) in [7, 11) is 0. The average molecular weight is 667 g/mol. The largest absolute Gasteiger partial charge is 0.309 e. The zero-order valence-corrected chi connectivity index (χ0v) is 28.4. The molecule has 3 aromatic heterocycles. The summed E-state index contributed by atoms with van der Waals surface area (Å²) in [4.78, 5) is 0. The van der Waals surface area contributed by atoms with E-state index in [1.165, 1.54) is 97.4 Å². The van der Waals surface area contributed by atoms with Gasteiger partial charge in [0.2, 0.25) is 0 Å². The summed E-state index contributed by atoms with van der Waals surface area (Å²) in [5, 5.41) is 7.68. The monoisotopic (exact) mass is 666 g/mol. The molecule has 11 aromatic rings. The van der Waals surface area contributed by atoms with Gasteiger partial charge in [0.25, 0.3) is 0 Å². The first-order chi connectivity index (χ1) is 25.3. The molecule has 0 amide bonds. The number of hydrogen-bond acceptors (Lipinski definition) is 1. The van der Waals surface area contributed by atoms with E-state index in [4.69, 9.17) is 0 Å². The van der Waals surface area contributed by atoms with E-state index in [2.05, 4.69) is 191 Å². The van der Waals surface area contributed by atoms with Gasteiger partial charge in [-0.25, -0.2) is 0 Å². The lowest BCUT2D eigenvalue weighted by Crippen LogP contribution is -1.97. The number of rotatable bonds is 4. The SMILES string of the molecule is c1ccc(-c2ccccc2-n2c3ccccc3c3cc(-c4ccc5c(c4)c4ccccc4n5-c4cccc5c4sc4ccccc45)ccc32)cc1. The van der Waals surface area contributed by atoms with Gasteiger partial charge < -0.3 is 9.13 Å².